The van der Waals surface area contributed by atoms with E-state index in [1.54, 1.807) is 4.90 Å². The summed E-state index contributed by atoms with van der Waals surface area (Å²) in [6.07, 6.45) is 0.800. The molecule has 1 aliphatic heterocycles. The standard InChI is InChI=1S/C7H14N2O2/c1-8-6-3-4-9(5-6)7(10)11-2/h6,8H,3-5H2,1-2H3. The van der Waals surface area contributed by atoms with Crippen molar-refractivity contribution in [3.8, 4) is 0 Å². The predicted octanol–water partition coefficient (Wildman–Crippen LogP) is 0.0465. The minimum atomic E-state index is -0.220. The zero-order valence-electron chi connectivity index (χ0n) is 6.96. The number of nitrogens with one attached hydrogen (secondary N) is 1. The molecule has 1 saturated heterocycles. The maximum absolute atomic E-state index is 11.0. The first-order valence-electron chi connectivity index (χ1n) is 3.78. The van der Waals surface area contributed by atoms with Gasteiger partial charge in [-0.3, -0.25) is 0 Å². The smallest absolute Gasteiger partial charge is 0.409 e. The lowest BCUT2D eigenvalue weighted by Gasteiger charge is -2.13. The number of carbonyl (C=O) groups is 1. The number of likely N-dealkylation sites (N-methyl/N-ethyl adjacent to an activating group) is 1. The lowest BCUT2D eigenvalue weighted by molar-refractivity contribution is 0.132. The Bertz CT molecular complexity index is 149. The van der Waals surface area contributed by atoms with Gasteiger partial charge in [-0.25, -0.2) is 4.79 Å². The SMILES string of the molecule is CNC1CCN(C(=O)OC)C1. The maximum Gasteiger partial charge on any atom is 0.409 e. The molecule has 4 nitrogen and oxygen atoms in total. The first-order valence-corrected chi connectivity index (χ1v) is 3.78. The molecule has 1 amide bonds. The number of amides is 1. The predicted molar refractivity (Wildman–Crippen MR) is 41.4 cm³/mol. The number of carbonyl (C=O) groups excluding carboxylic acids is 1. The average molecular weight is 158 g/mol. The van der Waals surface area contributed by atoms with Crippen LogP contribution in [0.15, 0.2) is 0 Å². The summed E-state index contributed by atoms with van der Waals surface area (Å²) in [6, 6.07) is 0.439. The van der Waals surface area contributed by atoms with Gasteiger partial charge in [-0.15, -0.1) is 0 Å². The minimum absolute atomic E-state index is 0.220. The topological polar surface area (TPSA) is 41.6 Å². The van der Waals surface area contributed by atoms with Gasteiger partial charge in [-0.1, -0.05) is 0 Å². The van der Waals surface area contributed by atoms with E-state index in [-0.39, 0.29) is 6.09 Å². The second-order valence-electron chi connectivity index (χ2n) is 2.69. The van der Waals surface area contributed by atoms with E-state index in [1.807, 2.05) is 7.05 Å². The number of nitrogens with zero attached hydrogens (tertiary/aromatic N) is 1. The summed E-state index contributed by atoms with van der Waals surface area (Å²) in [6.45, 7) is 1.57. The molecule has 1 atom stereocenters. The summed E-state index contributed by atoms with van der Waals surface area (Å²) < 4.78 is 4.59. The van der Waals surface area contributed by atoms with Crippen molar-refractivity contribution in [1.29, 1.82) is 0 Å². The minimum Gasteiger partial charge on any atom is -0.453 e. The molecule has 0 spiro atoms. The van der Waals surface area contributed by atoms with Crippen molar-refractivity contribution in [2.45, 2.75) is 12.5 Å². The van der Waals surface area contributed by atoms with Crippen molar-refractivity contribution >= 4 is 6.09 Å². The molecule has 1 N–H and O–H groups in total. The third-order valence-electron chi connectivity index (χ3n) is 2.03. The number of hydrogen-bond donors (Lipinski definition) is 1. The summed E-state index contributed by atoms with van der Waals surface area (Å²) in [5.74, 6) is 0. The van der Waals surface area contributed by atoms with Crippen molar-refractivity contribution in [1.82, 2.24) is 10.2 Å². The molecule has 1 aliphatic rings. The Morgan fingerprint density at radius 1 is 1.73 bits per heavy atom. The van der Waals surface area contributed by atoms with E-state index >= 15 is 0 Å². The summed E-state index contributed by atoms with van der Waals surface area (Å²) in [5.41, 5.74) is 0. The molecular formula is C7H14N2O2. The van der Waals surface area contributed by atoms with Crippen LogP contribution in [0.4, 0.5) is 4.79 Å². The number of methoxy groups -OCH3 is 1. The molecule has 0 aromatic heterocycles. The van der Waals surface area contributed by atoms with Crippen LogP contribution in [0.2, 0.25) is 0 Å². The molecule has 0 bridgehead atoms. The van der Waals surface area contributed by atoms with Crippen LogP contribution < -0.4 is 5.32 Å². The second-order valence-corrected chi connectivity index (χ2v) is 2.69. The molecule has 0 aliphatic carbocycles. The van der Waals surface area contributed by atoms with Gasteiger partial charge in [-0.05, 0) is 13.5 Å². The summed E-state index contributed by atoms with van der Waals surface area (Å²) in [4.78, 5) is 12.7. The van der Waals surface area contributed by atoms with Gasteiger partial charge in [0, 0.05) is 19.1 Å². The summed E-state index contributed by atoms with van der Waals surface area (Å²) in [7, 11) is 3.32. The monoisotopic (exact) mass is 158 g/mol. The molecular weight excluding hydrogens is 144 g/mol. The molecule has 1 unspecified atom stereocenters. The normalized spacial score (nSPS) is 23.8. The quantitative estimate of drug-likeness (QED) is 0.586. The Morgan fingerprint density at radius 2 is 2.45 bits per heavy atom. The van der Waals surface area contributed by atoms with E-state index in [9.17, 15) is 4.79 Å². The number of hydrogen-bond acceptors (Lipinski definition) is 3. The van der Waals surface area contributed by atoms with E-state index in [2.05, 4.69) is 10.1 Å². The first kappa shape index (κ1) is 8.33. The molecule has 0 aromatic carbocycles. The number of ether oxygens (including phenoxy) is 1. The highest BCUT2D eigenvalue weighted by atomic mass is 16.5. The van der Waals surface area contributed by atoms with Crippen molar-refractivity contribution < 1.29 is 9.53 Å². The maximum atomic E-state index is 11.0. The van der Waals surface area contributed by atoms with Gasteiger partial charge in [0.05, 0.1) is 7.11 Å². The fourth-order valence-corrected chi connectivity index (χ4v) is 1.29. The van der Waals surface area contributed by atoms with E-state index in [4.69, 9.17) is 0 Å². The molecule has 1 heterocycles. The largest absolute Gasteiger partial charge is 0.453 e. The summed E-state index contributed by atoms with van der Waals surface area (Å²) >= 11 is 0. The van der Waals surface area contributed by atoms with Crippen LogP contribution in [-0.2, 0) is 4.74 Å². The molecule has 0 radical (unpaired) electrons. The molecule has 0 aromatic rings. The van der Waals surface area contributed by atoms with E-state index in [1.165, 1.54) is 7.11 Å². The zero-order valence-corrected chi connectivity index (χ0v) is 6.96. The van der Waals surface area contributed by atoms with Crippen molar-refractivity contribution in [2.24, 2.45) is 0 Å². The number of likely N-dealkylation sites (tertiary alicyclic amines) is 1. The molecule has 0 saturated carbocycles. The third kappa shape index (κ3) is 1.83. The van der Waals surface area contributed by atoms with Gasteiger partial charge in [-0.2, -0.15) is 0 Å². The van der Waals surface area contributed by atoms with E-state index in [0.717, 1.165) is 19.5 Å². The molecule has 1 fully saturated rings. The van der Waals surface area contributed by atoms with Crippen LogP contribution in [0.5, 0.6) is 0 Å². The first-order chi connectivity index (χ1) is 5.27. The number of rotatable bonds is 1. The van der Waals surface area contributed by atoms with Crippen LogP contribution in [0.3, 0.4) is 0 Å². The lowest BCUT2D eigenvalue weighted by atomic mass is 10.3. The molecule has 4 heteroatoms. The average Bonchev–Trinajstić information content (AvgIpc) is 2.50. The van der Waals surface area contributed by atoms with Gasteiger partial charge in [0.1, 0.15) is 0 Å². The van der Waals surface area contributed by atoms with E-state index < -0.39 is 0 Å². The Morgan fingerprint density at radius 3 is 2.91 bits per heavy atom. The van der Waals surface area contributed by atoms with Gasteiger partial charge in [0.25, 0.3) is 0 Å². The Kier molecular flexibility index (Phi) is 2.70. The lowest BCUT2D eigenvalue weighted by Crippen LogP contribution is -2.33. The van der Waals surface area contributed by atoms with Crippen LogP contribution in [-0.4, -0.2) is 44.3 Å². The van der Waals surface area contributed by atoms with Gasteiger partial charge < -0.3 is 15.0 Å². The van der Waals surface area contributed by atoms with Gasteiger partial charge >= 0.3 is 6.09 Å². The Balaban J connectivity index is 2.35. The summed E-state index contributed by atoms with van der Waals surface area (Å²) in [5, 5.41) is 3.12. The van der Waals surface area contributed by atoms with Gasteiger partial charge in [0.2, 0.25) is 0 Å². The van der Waals surface area contributed by atoms with Crippen LogP contribution >= 0.6 is 0 Å². The van der Waals surface area contributed by atoms with E-state index in [0.29, 0.717) is 6.04 Å². The molecule has 11 heavy (non-hydrogen) atoms. The van der Waals surface area contributed by atoms with Crippen LogP contribution in [0.1, 0.15) is 6.42 Å². The van der Waals surface area contributed by atoms with Crippen molar-refractivity contribution in [2.75, 3.05) is 27.2 Å². The molecule has 1 rings (SSSR count). The van der Waals surface area contributed by atoms with Crippen LogP contribution in [0, 0.1) is 0 Å². The molecule has 64 valence electrons. The van der Waals surface area contributed by atoms with Gasteiger partial charge in [0.15, 0.2) is 0 Å². The highest BCUT2D eigenvalue weighted by Gasteiger charge is 2.24. The highest BCUT2D eigenvalue weighted by molar-refractivity contribution is 5.67. The van der Waals surface area contributed by atoms with Crippen molar-refractivity contribution in [3.05, 3.63) is 0 Å². The van der Waals surface area contributed by atoms with Crippen molar-refractivity contribution in [3.63, 3.8) is 0 Å². The van der Waals surface area contributed by atoms with Crippen LogP contribution in [0.25, 0.3) is 0 Å². The fourth-order valence-electron chi connectivity index (χ4n) is 1.29. The Hall–Kier alpha value is -0.770. The zero-order chi connectivity index (χ0) is 8.27. The Labute approximate surface area is 66.5 Å². The second kappa shape index (κ2) is 3.57. The highest BCUT2D eigenvalue weighted by Crippen LogP contribution is 2.08. The third-order valence-corrected chi connectivity index (χ3v) is 2.03. The fraction of sp³-hybridized carbons (Fsp3) is 0.857.